The zero-order chi connectivity index (χ0) is 11.8. The van der Waals surface area contributed by atoms with Crippen LogP contribution >= 0.6 is 50.2 Å². The van der Waals surface area contributed by atoms with E-state index in [-0.39, 0.29) is 5.38 Å². The van der Waals surface area contributed by atoms with Gasteiger partial charge < -0.3 is 0 Å². The van der Waals surface area contributed by atoms with Gasteiger partial charge >= 0.3 is 0 Å². The fourth-order valence-electron chi connectivity index (χ4n) is 1.83. The fourth-order valence-corrected chi connectivity index (χ4v) is 4.48. The maximum Gasteiger partial charge on any atom is 0.0857 e. The summed E-state index contributed by atoms with van der Waals surface area (Å²) in [6.45, 7) is 0. The number of hydrogen-bond acceptors (Lipinski definition) is 2. The summed E-state index contributed by atoms with van der Waals surface area (Å²) in [5.41, 5.74) is 2.37. The molecule has 1 atom stereocenters. The summed E-state index contributed by atoms with van der Waals surface area (Å²) < 4.78 is 2.42. The van der Waals surface area contributed by atoms with Gasteiger partial charge in [-0.25, -0.2) is 0 Å². The molecule has 0 aliphatic rings. The fraction of sp³-hybridized carbons (Fsp3) is 0.0769. The highest BCUT2D eigenvalue weighted by molar-refractivity contribution is 9.11. The lowest BCUT2D eigenvalue weighted by atomic mass is 10.1. The van der Waals surface area contributed by atoms with E-state index in [9.17, 15) is 0 Å². The summed E-state index contributed by atoms with van der Waals surface area (Å²) in [7, 11) is 0. The van der Waals surface area contributed by atoms with Crippen LogP contribution in [0.1, 0.15) is 16.5 Å². The SMILES string of the molecule is ClC(c1csc(Br)c1)c1csc2ccccc12. The number of alkyl halides is 1. The van der Waals surface area contributed by atoms with Crippen LogP contribution < -0.4 is 0 Å². The summed E-state index contributed by atoms with van der Waals surface area (Å²) in [6, 6.07) is 10.5. The van der Waals surface area contributed by atoms with Gasteiger partial charge in [-0.15, -0.1) is 34.3 Å². The van der Waals surface area contributed by atoms with Crippen molar-refractivity contribution in [2.24, 2.45) is 0 Å². The molecule has 17 heavy (non-hydrogen) atoms. The first kappa shape index (κ1) is 11.7. The third-order valence-corrected chi connectivity index (χ3v) is 5.66. The highest BCUT2D eigenvalue weighted by Crippen LogP contribution is 2.39. The smallest absolute Gasteiger partial charge is 0.0857 e. The predicted octanol–water partition coefficient (Wildman–Crippen LogP) is 6.05. The van der Waals surface area contributed by atoms with Crippen molar-refractivity contribution in [2.75, 3.05) is 0 Å². The van der Waals surface area contributed by atoms with Gasteiger partial charge in [-0.05, 0) is 55.3 Å². The van der Waals surface area contributed by atoms with Crippen molar-refractivity contribution >= 4 is 60.3 Å². The van der Waals surface area contributed by atoms with E-state index in [1.165, 1.54) is 15.6 Å². The Bertz CT molecular complexity index is 656. The maximum absolute atomic E-state index is 6.56. The molecule has 0 aliphatic heterocycles. The van der Waals surface area contributed by atoms with Crippen LogP contribution in [-0.4, -0.2) is 0 Å². The molecule has 3 aromatic rings. The zero-order valence-corrected chi connectivity index (χ0v) is 12.7. The Labute approximate surface area is 121 Å². The van der Waals surface area contributed by atoms with E-state index in [1.54, 1.807) is 22.7 Å². The molecule has 0 saturated carbocycles. The lowest BCUT2D eigenvalue weighted by Gasteiger charge is -2.06. The number of thiophene rings is 2. The van der Waals surface area contributed by atoms with Crippen LogP contribution in [0.2, 0.25) is 0 Å². The molecule has 0 bridgehead atoms. The van der Waals surface area contributed by atoms with Gasteiger partial charge in [0.1, 0.15) is 0 Å². The molecule has 4 heteroatoms. The number of benzene rings is 1. The van der Waals surface area contributed by atoms with Gasteiger partial charge in [-0.2, -0.15) is 0 Å². The third-order valence-electron chi connectivity index (χ3n) is 2.66. The largest absolute Gasteiger partial charge is 0.143 e. The molecule has 0 radical (unpaired) electrons. The molecule has 0 amide bonds. The second kappa shape index (κ2) is 4.73. The standard InChI is InChI=1S/C13H8BrClS2/c14-12-5-8(6-17-12)13(15)10-7-16-11-4-2-1-3-9(10)11/h1-7,13H. The van der Waals surface area contributed by atoms with Crippen LogP contribution in [0.15, 0.2) is 44.9 Å². The molecule has 1 aromatic carbocycles. The Morgan fingerprint density at radius 2 is 1.94 bits per heavy atom. The van der Waals surface area contributed by atoms with E-state index in [1.807, 2.05) is 0 Å². The number of hydrogen-bond donors (Lipinski definition) is 0. The molecule has 1 unspecified atom stereocenters. The van der Waals surface area contributed by atoms with Crippen molar-refractivity contribution in [1.29, 1.82) is 0 Å². The summed E-state index contributed by atoms with van der Waals surface area (Å²) in [5, 5.41) is 5.47. The van der Waals surface area contributed by atoms with Gasteiger partial charge in [0.25, 0.3) is 0 Å². The van der Waals surface area contributed by atoms with Crippen LogP contribution in [0.3, 0.4) is 0 Å². The molecule has 0 N–H and O–H groups in total. The second-order valence-corrected chi connectivity index (χ2v) is 7.37. The Morgan fingerprint density at radius 1 is 1.12 bits per heavy atom. The minimum Gasteiger partial charge on any atom is -0.143 e. The van der Waals surface area contributed by atoms with Crippen molar-refractivity contribution in [1.82, 2.24) is 0 Å². The maximum atomic E-state index is 6.56. The molecule has 2 heterocycles. The van der Waals surface area contributed by atoms with Gasteiger partial charge in [0, 0.05) is 4.70 Å². The Morgan fingerprint density at radius 3 is 2.71 bits per heavy atom. The molecular formula is C13H8BrClS2. The molecule has 2 aromatic heterocycles. The van der Waals surface area contributed by atoms with Crippen LogP contribution in [0.4, 0.5) is 0 Å². The zero-order valence-electron chi connectivity index (χ0n) is 8.69. The van der Waals surface area contributed by atoms with Gasteiger partial charge in [-0.1, -0.05) is 18.2 Å². The van der Waals surface area contributed by atoms with E-state index >= 15 is 0 Å². The van der Waals surface area contributed by atoms with E-state index in [0.717, 1.165) is 9.35 Å². The Balaban J connectivity index is 2.09. The van der Waals surface area contributed by atoms with Crippen molar-refractivity contribution in [3.8, 4) is 0 Å². The van der Waals surface area contributed by atoms with Gasteiger partial charge in [-0.3, -0.25) is 0 Å². The molecule has 86 valence electrons. The summed E-state index contributed by atoms with van der Waals surface area (Å²) in [6.07, 6.45) is 0. The Kier molecular flexibility index (Phi) is 3.26. The van der Waals surface area contributed by atoms with Crippen LogP contribution in [-0.2, 0) is 0 Å². The van der Waals surface area contributed by atoms with Crippen LogP contribution in [0, 0.1) is 0 Å². The second-order valence-electron chi connectivity index (χ2n) is 3.73. The lowest BCUT2D eigenvalue weighted by molar-refractivity contribution is 1.19. The molecule has 0 nitrogen and oxygen atoms in total. The molecule has 3 rings (SSSR count). The van der Waals surface area contributed by atoms with Crippen LogP contribution in [0.25, 0.3) is 10.1 Å². The summed E-state index contributed by atoms with van der Waals surface area (Å²) in [5.74, 6) is 0. The van der Waals surface area contributed by atoms with Crippen molar-refractivity contribution in [3.05, 3.63) is 56.0 Å². The van der Waals surface area contributed by atoms with Crippen molar-refractivity contribution in [2.45, 2.75) is 5.38 Å². The number of halogens is 2. The minimum atomic E-state index is -0.0614. The van der Waals surface area contributed by atoms with E-state index in [0.29, 0.717) is 0 Å². The van der Waals surface area contributed by atoms with Crippen molar-refractivity contribution in [3.63, 3.8) is 0 Å². The highest BCUT2D eigenvalue weighted by atomic mass is 79.9. The van der Waals surface area contributed by atoms with Gasteiger partial charge in [0.15, 0.2) is 0 Å². The van der Waals surface area contributed by atoms with E-state index in [2.05, 4.69) is 57.0 Å². The third kappa shape index (κ3) is 2.17. The summed E-state index contributed by atoms with van der Waals surface area (Å²) >= 11 is 13.5. The minimum absolute atomic E-state index is 0.0614. The summed E-state index contributed by atoms with van der Waals surface area (Å²) in [4.78, 5) is 0. The monoisotopic (exact) mass is 342 g/mol. The molecule has 0 spiro atoms. The number of fused-ring (bicyclic) bond motifs is 1. The van der Waals surface area contributed by atoms with Crippen LogP contribution in [0.5, 0.6) is 0 Å². The topological polar surface area (TPSA) is 0 Å². The Hall–Kier alpha value is -0.350. The average molecular weight is 344 g/mol. The molecule has 0 saturated heterocycles. The van der Waals surface area contributed by atoms with E-state index in [4.69, 9.17) is 11.6 Å². The average Bonchev–Trinajstić information content (AvgIpc) is 2.94. The van der Waals surface area contributed by atoms with Gasteiger partial charge in [0.2, 0.25) is 0 Å². The highest BCUT2D eigenvalue weighted by Gasteiger charge is 2.16. The first-order valence-electron chi connectivity index (χ1n) is 5.10. The quantitative estimate of drug-likeness (QED) is 0.497. The molecule has 0 aliphatic carbocycles. The normalized spacial score (nSPS) is 13.1. The first-order valence-corrected chi connectivity index (χ1v) is 8.08. The first-order chi connectivity index (χ1) is 8.25. The predicted molar refractivity (Wildman–Crippen MR) is 81.5 cm³/mol. The lowest BCUT2D eigenvalue weighted by Crippen LogP contribution is -1.88. The molecular weight excluding hydrogens is 336 g/mol. The van der Waals surface area contributed by atoms with Gasteiger partial charge in [0.05, 0.1) is 9.16 Å². The van der Waals surface area contributed by atoms with E-state index < -0.39 is 0 Å². The van der Waals surface area contributed by atoms with Crippen molar-refractivity contribution < 1.29 is 0 Å². The number of rotatable bonds is 2. The molecule has 0 fully saturated rings.